The number of rotatable bonds is 3. The molecular weight excluding hydrogens is 388 g/mol. The average molecular weight is 413 g/mol. The van der Waals surface area contributed by atoms with Crippen molar-refractivity contribution in [2.75, 3.05) is 25.1 Å². The number of halogens is 1. The quantitative estimate of drug-likeness (QED) is 0.827. The van der Waals surface area contributed by atoms with Gasteiger partial charge in [-0.05, 0) is 25.2 Å². The van der Waals surface area contributed by atoms with Gasteiger partial charge in [-0.1, -0.05) is 31.9 Å². The highest BCUT2D eigenvalue weighted by Crippen LogP contribution is 2.28. The van der Waals surface area contributed by atoms with Gasteiger partial charge >= 0.3 is 0 Å². The van der Waals surface area contributed by atoms with Crippen LogP contribution in [0.2, 0.25) is 5.02 Å². The maximum Gasteiger partial charge on any atom is 0.238 e. The van der Waals surface area contributed by atoms with Gasteiger partial charge in [0.15, 0.2) is 0 Å². The summed E-state index contributed by atoms with van der Waals surface area (Å²) in [7, 11) is -2.89. The van der Waals surface area contributed by atoms with E-state index in [0.717, 1.165) is 31.6 Å². The molecule has 0 radical (unpaired) electrons. The van der Waals surface area contributed by atoms with Crippen LogP contribution in [0.25, 0.3) is 5.52 Å². The van der Waals surface area contributed by atoms with Crippen molar-refractivity contribution in [3.8, 4) is 6.07 Å². The first-order valence-corrected chi connectivity index (χ1v) is 11.0. The van der Waals surface area contributed by atoms with Crippen molar-refractivity contribution in [2.24, 2.45) is 5.92 Å². The minimum Gasteiger partial charge on any atom is -0.367 e. The smallest absolute Gasteiger partial charge is 0.238 e. The molecule has 10 heteroatoms. The van der Waals surface area contributed by atoms with Gasteiger partial charge in [0.25, 0.3) is 0 Å². The van der Waals surface area contributed by atoms with Crippen molar-refractivity contribution in [3.05, 3.63) is 22.5 Å². The van der Waals surface area contributed by atoms with Gasteiger partial charge in [0.05, 0.1) is 28.7 Å². The fourth-order valence-corrected chi connectivity index (χ4v) is 4.17. The van der Waals surface area contributed by atoms with Gasteiger partial charge in [0.1, 0.15) is 11.6 Å². The van der Waals surface area contributed by atoms with E-state index in [1.165, 1.54) is 18.9 Å². The molecule has 1 aliphatic rings. The lowest BCUT2D eigenvalue weighted by Crippen LogP contribution is -2.34. The first-order valence-electron chi connectivity index (χ1n) is 8.82. The van der Waals surface area contributed by atoms with Gasteiger partial charge in [-0.15, -0.1) is 5.10 Å². The summed E-state index contributed by atoms with van der Waals surface area (Å²) in [5.74, 6) is 0.561. The van der Waals surface area contributed by atoms with Gasteiger partial charge < -0.3 is 5.73 Å². The molecule has 0 aliphatic carbocycles. The molecule has 8 nitrogen and oxygen atoms in total. The summed E-state index contributed by atoms with van der Waals surface area (Å²) >= 11 is 6.13. The van der Waals surface area contributed by atoms with Gasteiger partial charge in [-0.3, -0.25) is 0 Å². The highest BCUT2D eigenvalue weighted by Gasteiger charge is 2.19. The van der Waals surface area contributed by atoms with Gasteiger partial charge in [0, 0.05) is 13.1 Å². The summed E-state index contributed by atoms with van der Waals surface area (Å²) in [4.78, 5) is 3.89. The van der Waals surface area contributed by atoms with Crippen LogP contribution in [-0.4, -0.2) is 46.7 Å². The zero-order chi connectivity index (χ0) is 20.2. The second kappa shape index (κ2) is 8.87. The molecule has 0 atom stereocenters. The Labute approximate surface area is 165 Å². The van der Waals surface area contributed by atoms with E-state index in [0.29, 0.717) is 28.4 Å². The monoisotopic (exact) mass is 412 g/mol. The fraction of sp³-hybridized carbons (Fsp3) is 0.588. The van der Waals surface area contributed by atoms with Crippen LogP contribution in [-0.2, 0) is 16.4 Å². The molecule has 148 valence electrons. The molecule has 1 saturated heterocycles. The molecule has 1 aliphatic heterocycles. The summed E-state index contributed by atoms with van der Waals surface area (Å²) in [6, 6.07) is 2.12. The number of nitriles is 1. The van der Waals surface area contributed by atoms with Crippen LogP contribution in [0.15, 0.2) is 6.20 Å². The number of nitrogen functional groups attached to an aromatic ring is 1. The van der Waals surface area contributed by atoms with Crippen LogP contribution in [0.5, 0.6) is 0 Å². The van der Waals surface area contributed by atoms with Gasteiger partial charge in [0.2, 0.25) is 16.0 Å². The molecule has 2 aromatic rings. The topological polar surface area (TPSA) is 117 Å². The Balaban J connectivity index is 0.000000223. The van der Waals surface area contributed by atoms with Crippen LogP contribution < -0.4 is 5.73 Å². The molecule has 3 rings (SSSR count). The van der Waals surface area contributed by atoms with E-state index in [1.807, 2.05) is 0 Å². The number of piperidine rings is 1. The zero-order valence-electron chi connectivity index (χ0n) is 15.8. The predicted molar refractivity (Wildman–Crippen MR) is 106 cm³/mol. The Hall–Kier alpha value is -1.89. The molecule has 27 heavy (non-hydrogen) atoms. The van der Waals surface area contributed by atoms with E-state index in [9.17, 15) is 8.42 Å². The average Bonchev–Trinajstić information content (AvgIpc) is 2.86. The Morgan fingerprint density at radius 2 is 1.96 bits per heavy atom. The van der Waals surface area contributed by atoms with Gasteiger partial charge in [-0.2, -0.15) is 5.26 Å². The van der Waals surface area contributed by atoms with E-state index in [-0.39, 0.29) is 5.95 Å². The molecule has 2 N–H and O–H groups in total. The number of nitrogens with zero attached hydrogens (tertiary/aromatic N) is 5. The number of aromatic nitrogens is 3. The maximum atomic E-state index is 10.9. The van der Waals surface area contributed by atoms with Crippen molar-refractivity contribution in [1.29, 1.82) is 5.26 Å². The third kappa shape index (κ3) is 5.31. The molecule has 2 aromatic heterocycles. The lowest BCUT2D eigenvalue weighted by Gasteiger charge is -2.23. The highest BCUT2D eigenvalue weighted by atomic mass is 35.5. The number of sulfonamides is 1. The number of fused-ring (bicyclic) bond motifs is 1. The molecule has 3 heterocycles. The van der Waals surface area contributed by atoms with E-state index in [2.05, 4.69) is 30.0 Å². The van der Waals surface area contributed by atoms with Crippen molar-refractivity contribution in [2.45, 2.75) is 39.5 Å². The van der Waals surface area contributed by atoms with Crippen LogP contribution >= 0.6 is 11.6 Å². The van der Waals surface area contributed by atoms with Crippen LogP contribution in [0.4, 0.5) is 5.95 Å². The van der Waals surface area contributed by atoms with Crippen molar-refractivity contribution in [3.63, 3.8) is 0 Å². The number of hydrogen-bond donors (Lipinski definition) is 1. The van der Waals surface area contributed by atoms with E-state index < -0.39 is 10.0 Å². The third-order valence-corrected chi connectivity index (χ3v) is 5.92. The summed E-state index contributed by atoms with van der Waals surface area (Å²) in [5, 5.41) is 13.7. The Morgan fingerprint density at radius 1 is 1.33 bits per heavy atom. The van der Waals surface area contributed by atoms with E-state index in [1.54, 1.807) is 8.82 Å². The molecular formula is C17H25ClN6O2S. The minimum absolute atomic E-state index is 0.165. The van der Waals surface area contributed by atoms with Gasteiger partial charge in [-0.25, -0.2) is 22.2 Å². The number of hydrogen-bond acceptors (Lipinski definition) is 6. The lowest BCUT2D eigenvalue weighted by molar-refractivity contribution is 0.349. The lowest BCUT2D eigenvalue weighted by atomic mass is 10.1. The molecule has 1 fully saturated rings. The Bertz CT molecular complexity index is 942. The van der Waals surface area contributed by atoms with Crippen LogP contribution in [0, 0.1) is 17.2 Å². The SMILES string of the molecule is CC(C)Cc1c(C#N)c(Cl)c2cnc(N)nn12.CS(=O)(=O)N1CCCCC1. The van der Waals surface area contributed by atoms with Crippen LogP contribution in [0.1, 0.15) is 44.4 Å². The molecule has 0 aromatic carbocycles. The second-order valence-electron chi connectivity index (χ2n) is 6.98. The van der Waals surface area contributed by atoms with Crippen molar-refractivity contribution in [1.82, 2.24) is 18.9 Å². The summed E-state index contributed by atoms with van der Waals surface area (Å²) in [6.07, 6.45) is 6.74. The standard InChI is InChI=1S/C11H12ClN5.C6H13NO2S/c1-6(2)3-8-7(4-13)10(12)9-5-15-11(14)16-17(8)9;1-10(8,9)7-5-3-2-4-6-7/h5-6H,3H2,1-2H3,(H2,14,16);2-6H2,1H3. The first kappa shape index (κ1) is 21.4. The molecule has 0 saturated carbocycles. The Kier molecular flexibility index (Phi) is 7.03. The van der Waals surface area contributed by atoms with Crippen molar-refractivity contribution >= 4 is 33.1 Å². The first-order chi connectivity index (χ1) is 12.6. The molecule has 0 unspecified atom stereocenters. The summed E-state index contributed by atoms with van der Waals surface area (Å²) in [5.41, 5.74) is 7.42. The summed E-state index contributed by atoms with van der Waals surface area (Å²) in [6.45, 7) is 5.58. The molecule has 0 spiro atoms. The Morgan fingerprint density at radius 3 is 2.44 bits per heavy atom. The zero-order valence-corrected chi connectivity index (χ0v) is 17.4. The van der Waals surface area contributed by atoms with Crippen LogP contribution in [0.3, 0.4) is 0 Å². The minimum atomic E-state index is -2.89. The van der Waals surface area contributed by atoms with E-state index in [4.69, 9.17) is 22.6 Å². The molecule has 0 bridgehead atoms. The third-order valence-electron chi connectivity index (χ3n) is 4.24. The molecule has 0 amide bonds. The summed E-state index contributed by atoms with van der Waals surface area (Å²) < 4.78 is 25.0. The number of anilines is 1. The second-order valence-corrected chi connectivity index (χ2v) is 9.34. The maximum absolute atomic E-state index is 10.9. The highest BCUT2D eigenvalue weighted by molar-refractivity contribution is 7.88. The van der Waals surface area contributed by atoms with E-state index >= 15 is 0 Å². The normalized spacial score (nSPS) is 15.4. The fourth-order valence-electron chi connectivity index (χ4n) is 2.97. The number of nitrogens with two attached hydrogens (primary N) is 1. The predicted octanol–water partition coefficient (Wildman–Crippen LogP) is 2.47. The van der Waals surface area contributed by atoms with Crippen molar-refractivity contribution < 1.29 is 8.42 Å². The largest absolute Gasteiger partial charge is 0.367 e.